The Hall–Kier alpha value is -1.83. The molecule has 8 heteroatoms. The van der Waals surface area contributed by atoms with Crippen molar-refractivity contribution >= 4 is 50.0 Å². The van der Waals surface area contributed by atoms with Crippen LogP contribution in [0.3, 0.4) is 0 Å². The lowest BCUT2D eigenvalue weighted by Crippen LogP contribution is -2.38. The number of carbonyl (C=O) groups is 1. The topological polar surface area (TPSA) is 66.8 Å². The van der Waals surface area contributed by atoms with E-state index in [0.29, 0.717) is 10.2 Å². The van der Waals surface area contributed by atoms with Gasteiger partial charge in [-0.3, -0.25) is 4.79 Å². The van der Waals surface area contributed by atoms with Crippen molar-refractivity contribution in [1.82, 2.24) is 0 Å². The maximum Gasteiger partial charge on any atom is 0.252 e. The molecule has 2 heterocycles. The minimum atomic E-state index is -3.10. The molecule has 0 aromatic heterocycles. The lowest BCUT2D eigenvalue weighted by Gasteiger charge is -2.28. The van der Waals surface area contributed by atoms with Gasteiger partial charge in [-0.1, -0.05) is 67.5 Å². The first-order valence-corrected chi connectivity index (χ1v) is 12.9. The summed E-state index contributed by atoms with van der Waals surface area (Å²) in [4.78, 5) is 19.1. The van der Waals surface area contributed by atoms with Crippen LogP contribution in [0.2, 0.25) is 5.02 Å². The molecule has 4 rings (SSSR count). The number of thioether (sulfide) groups is 1. The Labute approximate surface area is 186 Å². The van der Waals surface area contributed by atoms with E-state index in [9.17, 15) is 13.2 Å². The van der Waals surface area contributed by atoms with Gasteiger partial charge in [0, 0.05) is 16.0 Å². The van der Waals surface area contributed by atoms with E-state index in [4.69, 9.17) is 11.6 Å². The van der Waals surface area contributed by atoms with Gasteiger partial charge < -0.3 is 4.90 Å². The zero-order valence-corrected chi connectivity index (χ0v) is 19.2. The van der Waals surface area contributed by atoms with E-state index in [-0.39, 0.29) is 41.0 Å². The molecule has 0 radical (unpaired) electrons. The molecule has 2 saturated heterocycles. The zero-order valence-electron chi connectivity index (χ0n) is 16.8. The minimum Gasteiger partial charge on any atom is -0.315 e. The number of para-hydroxylation sites is 1. The molecule has 2 aliphatic rings. The molecule has 5 nitrogen and oxygen atoms in total. The summed E-state index contributed by atoms with van der Waals surface area (Å²) >= 11 is 7.32. The van der Waals surface area contributed by atoms with Crippen molar-refractivity contribution in [1.29, 1.82) is 0 Å². The molecule has 2 fully saturated rings. The number of nitrogens with zero attached hydrogens (tertiary/aromatic N) is 2. The van der Waals surface area contributed by atoms with Gasteiger partial charge >= 0.3 is 0 Å². The number of rotatable bonds is 4. The monoisotopic (exact) mass is 462 g/mol. The van der Waals surface area contributed by atoms with Gasteiger partial charge in [0.05, 0.1) is 24.0 Å². The highest BCUT2D eigenvalue weighted by molar-refractivity contribution is 8.16. The summed E-state index contributed by atoms with van der Waals surface area (Å²) in [5.74, 6) is 0.207. The summed E-state index contributed by atoms with van der Waals surface area (Å²) in [6, 6.07) is 14.9. The largest absolute Gasteiger partial charge is 0.315 e. The second kappa shape index (κ2) is 8.36. The number of sulfone groups is 1. The molecular weight excluding hydrogens is 440 g/mol. The van der Waals surface area contributed by atoms with E-state index in [1.807, 2.05) is 35.2 Å². The second-order valence-corrected chi connectivity index (χ2v) is 11.8. The fraction of sp³-hybridized carbons (Fsp3) is 0.364. The number of halogens is 1. The van der Waals surface area contributed by atoms with Gasteiger partial charge in [0.2, 0.25) is 0 Å². The predicted octanol–water partition coefficient (Wildman–Crippen LogP) is 4.31. The highest BCUT2D eigenvalue weighted by atomic mass is 35.5. The molecule has 30 heavy (non-hydrogen) atoms. The van der Waals surface area contributed by atoms with Crippen molar-refractivity contribution in [3.63, 3.8) is 0 Å². The van der Waals surface area contributed by atoms with Crippen LogP contribution >= 0.6 is 23.4 Å². The van der Waals surface area contributed by atoms with Gasteiger partial charge in [0.1, 0.15) is 0 Å². The van der Waals surface area contributed by atoms with E-state index in [0.717, 1.165) is 16.8 Å². The molecule has 0 saturated carbocycles. The van der Waals surface area contributed by atoms with Crippen molar-refractivity contribution < 1.29 is 13.2 Å². The van der Waals surface area contributed by atoms with Gasteiger partial charge in [-0.2, -0.15) is 4.99 Å². The van der Waals surface area contributed by atoms with Gasteiger partial charge in [-0.25, -0.2) is 8.42 Å². The number of amides is 1. The van der Waals surface area contributed by atoms with Gasteiger partial charge in [0.25, 0.3) is 5.91 Å². The number of hydrogen-bond acceptors (Lipinski definition) is 4. The number of anilines is 1. The van der Waals surface area contributed by atoms with Crippen LogP contribution in [-0.4, -0.2) is 42.3 Å². The molecule has 2 atom stereocenters. The molecule has 1 amide bonds. The van der Waals surface area contributed by atoms with E-state index in [1.165, 1.54) is 11.8 Å². The van der Waals surface area contributed by atoms with Gasteiger partial charge in [-0.15, -0.1) is 0 Å². The van der Waals surface area contributed by atoms with Crippen molar-refractivity contribution in [2.24, 2.45) is 4.99 Å². The van der Waals surface area contributed by atoms with Crippen LogP contribution in [-0.2, 0) is 21.1 Å². The Balaban J connectivity index is 1.69. The van der Waals surface area contributed by atoms with Crippen LogP contribution < -0.4 is 4.90 Å². The molecule has 2 aliphatic heterocycles. The maximum absolute atomic E-state index is 12.7. The molecule has 2 aromatic rings. The summed E-state index contributed by atoms with van der Waals surface area (Å²) in [6.45, 7) is 4.21. The fourth-order valence-corrected chi connectivity index (χ4v) is 8.01. The number of benzene rings is 2. The third-order valence-electron chi connectivity index (χ3n) is 5.37. The molecule has 0 spiro atoms. The summed E-state index contributed by atoms with van der Waals surface area (Å²) < 4.78 is 24.6. The first kappa shape index (κ1) is 21.4. The smallest absolute Gasteiger partial charge is 0.252 e. The van der Waals surface area contributed by atoms with Crippen LogP contribution in [0.4, 0.5) is 5.69 Å². The van der Waals surface area contributed by atoms with Crippen LogP contribution in [0, 0.1) is 0 Å². The van der Waals surface area contributed by atoms with E-state index >= 15 is 0 Å². The first-order valence-electron chi connectivity index (χ1n) is 9.85. The lowest BCUT2D eigenvalue weighted by molar-refractivity contribution is -0.117. The first-order chi connectivity index (χ1) is 14.2. The SMILES string of the molecule is CC(C)c1ccccc1N1C(=NC(=O)Cc2ccc(Cl)cc2)S[C@H]2CS(=O)(=O)C[C@H]21. The van der Waals surface area contributed by atoms with E-state index in [2.05, 4.69) is 24.9 Å². The number of carbonyl (C=O) groups excluding carboxylic acids is 1. The zero-order chi connectivity index (χ0) is 21.5. The normalized spacial score (nSPS) is 23.9. The summed E-state index contributed by atoms with van der Waals surface area (Å²) in [7, 11) is -3.10. The Kier molecular flexibility index (Phi) is 5.97. The summed E-state index contributed by atoms with van der Waals surface area (Å²) in [5, 5.41) is 1.10. The van der Waals surface area contributed by atoms with Crippen molar-refractivity contribution in [3.05, 3.63) is 64.7 Å². The van der Waals surface area contributed by atoms with E-state index < -0.39 is 9.84 Å². The lowest BCUT2D eigenvalue weighted by atomic mass is 9.99. The molecule has 0 unspecified atom stereocenters. The fourth-order valence-electron chi connectivity index (χ4n) is 3.96. The van der Waals surface area contributed by atoms with Crippen LogP contribution in [0.1, 0.15) is 30.9 Å². The van der Waals surface area contributed by atoms with E-state index in [1.54, 1.807) is 12.1 Å². The summed E-state index contributed by atoms with van der Waals surface area (Å²) in [6.07, 6.45) is 0.175. The third-order valence-corrected chi connectivity index (χ3v) is 8.84. The Morgan fingerprint density at radius 2 is 1.87 bits per heavy atom. The molecule has 2 aromatic carbocycles. The number of aliphatic imine (C=N–C) groups is 1. The molecular formula is C22H23ClN2O3S2. The van der Waals surface area contributed by atoms with Gasteiger partial charge in [0.15, 0.2) is 15.0 Å². The number of amidine groups is 1. The van der Waals surface area contributed by atoms with Crippen LogP contribution in [0.15, 0.2) is 53.5 Å². The molecule has 0 N–H and O–H groups in total. The van der Waals surface area contributed by atoms with Crippen molar-refractivity contribution in [2.75, 3.05) is 16.4 Å². The number of hydrogen-bond donors (Lipinski definition) is 0. The summed E-state index contributed by atoms with van der Waals surface area (Å²) in [5.41, 5.74) is 2.89. The Morgan fingerprint density at radius 3 is 2.57 bits per heavy atom. The van der Waals surface area contributed by atoms with Crippen molar-refractivity contribution in [3.8, 4) is 0 Å². The van der Waals surface area contributed by atoms with Crippen LogP contribution in [0.25, 0.3) is 0 Å². The minimum absolute atomic E-state index is 0.0848. The predicted molar refractivity (Wildman–Crippen MR) is 124 cm³/mol. The molecule has 0 bridgehead atoms. The highest BCUT2D eigenvalue weighted by Crippen LogP contribution is 2.43. The average molecular weight is 463 g/mol. The second-order valence-electron chi connectivity index (χ2n) is 7.98. The third kappa shape index (κ3) is 4.43. The van der Waals surface area contributed by atoms with Crippen LogP contribution in [0.5, 0.6) is 0 Å². The Morgan fingerprint density at radius 1 is 1.17 bits per heavy atom. The highest BCUT2D eigenvalue weighted by Gasteiger charge is 2.49. The van der Waals surface area contributed by atoms with Crippen molar-refractivity contribution in [2.45, 2.75) is 37.5 Å². The average Bonchev–Trinajstić information content (AvgIpc) is 3.14. The Bertz CT molecular complexity index is 1100. The maximum atomic E-state index is 12.7. The number of fused-ring (bicyclic) bond motifs is 1. The van der Waals surface area contributed by atoms with Gasteiger partial charge in [-0.05, 0) is 35.2 Å². The molecule has 0 aliphatic carbocycles. The quantitative estimate of drug-likeness (QED) is 0.677. The molecule has 158 valence electrons. The standard InChI is InChI=1S/C22H23ClN2O3S2/c1-14(2)17-5-3-4-6-18(17)25-19-12-30(27,28)13-20(19)29-22(25)24-21(26)11-15-7-9-16(23)10-8-15/h3-10,14,19-20H,11-13H2,1-2H3/t19-,20+/m1/s1.